The van der Waals surface area contributed by atoms with Crippen LogP contribution in [-0.2, 0) is 0 Å². The minimum atomic E-state index is 0.882. The molecule has 0 heterocycles. The van der Waals surface area contributed by atoms with Crippen molar-refractivity contribution in [1.82, 2.24) is 5.32 Å². The largest absolute Gasteiger partial charge is 0.377 e. The molecule has 0 atom stereocenters. The van der Waals surface area contributed by atoms with Crippen LogP contribution in [0, 0.1) is 12.3 Å². The Morgan fingerprint density at radius 3 is 2.86 bits per heavy atom. The van der Waals surface area contributed by atoms with Gasteiger partial charge in [-0.25, -0.2) is 0 Å². The summed E-state index contributed by atoms with van der Waals surface area (Å²) < 4.78 is 0. The summed E-state index contributed by atoms with van der Waals surface area (Å²) in [6, 6.07) is 0. The summed E-state index contributed by atoms with van der Waals surface area (Å²) >= 11 is 0. The maximum Gasteiger partial charge on any atom is 0.0791 e. The van der Waals surface area contributed by atoms with Gasteiger partial charge in [0.25, 0.3) is 0 Å². The van der Waals surface area contributed by atoms with Gasteiger partial charge < -0.3 is 5.32 Å². The number of hydrogen-bond donors (Lipinski definition) is 2. The van der Waals surface area contributed by atoms with E-state index in [1.54, 1.807) is 0 Å². The third kappa shape index (κ3) is 5.47. The Kier molecular flexibility index (Phi) is 5.06. The topological polar surface area (TPSA) is 35.9 Å². The van der Waals surface area contributed by atoms with Crippen molar-refractivity contribution in [2.75, 3.05) is 6.54 Å². The molecule has 0 bridgehead atoms. The van der Waals surface area contributed by atoms with Gasteiger partial charge in [-0.2, -0.15) is 0 Å². The van der Waals surface area contributed by atoms with E-state index in [0.717, 1.165) is 19.4 Å². The van der Waals surface area contributed by atoms with Crippen molar-refractivity contribution < 1.29 is 0 Å². The fourth-order valence-corrected chi connectivity index (χ4v) is 0.299. The normalized spacial score (nSPS) is 8.14. The van der Waals surface area contributed by atoms with Gasteiger partial charge in [0.15, 0.2) is 0 Å². The van der Waals surface area contributed by atoms with Gasteiger partial charge in [0, 0.05) is 6.54 Å². The summed E-state index contributed by atoms with van der Waals surface area (Å²) in [6.45, 7) is 4.52. The molecule has 0 fully saturated rings. The van der Waals surface area contributed by atoms with Crippen LogP contribution in [-0.4, -0.2) is 12.9 Å². The molecule has 2 heteroatoms. The van der Waals surface area contributed by atoms with E-state index in [1.807, 2.05) is 0 Å². The van der Waals surface area contributed by atoms with Crippen molar-refractivity contribution in [3.63, 3.8) is 0 Å². The van der Waals surface area contributed by atoms with Gasteiger partial charge in [-0.3, -0.25) is 5.41 Å². The molecule has 0 aliphatic carbocycles. The molecule has 0 unspecified atom stereocenters. The fraction of sp³-hybridized carbons (Fsp3) is 0.600. The van der Waals surface area contributed by atoms with E-state index in [1.165, 1.54) is 6.34 Å². The predicted molar refractivity (Wildman–Crippen MR) is 31.4 cm³/mol. The van der Waals surface area contributed by atoms with Crippen LogP contribution in [0.2, 0.25) is 0 Å². The number of hydrogen-bond acceptors (Lipinski definition) is 1. The third-order valence-electron chi connectivity index (χ3n) is 0.673. The summed E-state index contributed by atoms with van der Waals surface area (Å²) in [5, 5.41) is 9.28. The van der Waals surface area contributed by atoms with Crippen molar-refractivity contribution in [3.8, 4) is 0 Å². The molecular formula is C5H11N2. The summed E-state index contributed by atoms with van der Waals surface area (Å²) in [7, 11) is 0. The number of rotatable bonds is 4. The fourth-order valence-electron chi connectivity index (χ4n) is 0.299. The van der Waals surface area contributed by atoms with Crippen LogP contribution in [0.5, 0.6) is 0 Å². The van der Waals surface area contributed by atoms with Crippen molar-refractivity contribution >= 4 is 6.34 Å². The highest BCUT2D eigenvalue weighted by Crippen LogP contribution is 1.78. The Bertz CT molecular complexity index is 43.3. The quantitative estimate of drug-likeness (QED) is 0.305. The van der Waals surface area contributed by atoms with Crippen molar-refractivity contribution in [3.05, 3.63) is 6.92 Å². The second-order valence-electron chi connectivity index (χ2n) is 1.31. The van der Waals surface area contributed by atoms with Crippen LogP contribution in [0.25, 0.3) is 0 Å². The van der Waals surface area contributed by atoms with Crippen LogP contribution < -0.4 is 5.32 Å². The molecule has 0 aromatic heterocycles. The van der Waals surface area contributed by atoms with Gasteiger partial charge in [-0.15, -0.1) is 0 Å². The highest BCUT2D eigenvalue weighted by molar-refractivity contribution is 5.49. The molecule has 0 saturated heterocycles. The number of unbranched alkanes of at least 4 members (excludes halogenated alkanes) is 1. The summed E-state index contributed by atoms with van der Waals surface area (Å²) in [6.07, 6.45) is 3.20. The first kappa shape index (κ1) is 6.47. The van der Waals surface area contributed by atoms with E-state index in [4.69, 9.17) is 5.41 Å². The Balaban J connectivity index is 2.56. The molecule has 0 saturated carbocycles. The molecular weight excluding hydrogens is 88.1 g/mol. The molecule has 0 rings (SSSR count). The van der Waals surface area contributed by atoms with E-state index in [0.29, 0.717) is 0 Å². The van der Waals surface area contributed by atoms with Crippen LogP contribution in [0.15, 0.2) is 0 Å². The van der Waals surface area contributed by atoms with Gasteiger partial charge in [0.05, 0.1) is 6.34 Å². The number of nitrogens with one attached hydrogen (secondary N) is 2. The molecule has 2 nitrogen and oxygen atoms in total. The van der Waals surface area contributed by atoms with E-state index in [-0.39, 0.29) is 0 Å². The van der Waals surface area contributed by atoms with Crippen LogP contribution >= 0.6 is 0 Å². The van der Waals surface area contributed by atoms with Gasteiger partial charge in [-0.1, -0.05) is 13.3 Å². The Labute approximate surface area is 44.4 Å². The van der Waals surface area contributed by atoms with Gasteiger partial charge >= 0.3 is 0 Å². The lowest BCUT2D eigenvalue weighted by atomic mass is 10.3. The predicted octanol–water partition coefficient (Wildman–Crippen LogP) is 0.797. The average Bonchev–Trinajstić information content (AvgIpc) is 1.69. The van der Waals surface area contributed by atoms with E-state index in [9.17, 15) is 0 Å². The lowest BCUT2D eigenvalue weighted by Gasteiger charge is -1.92. The van der Waals surface area contributed by atoms with E-state index in [2.05, 4.69) is 12.2 Å². The Hall–Kier alpha value is -0.530. The maximum atomic E-state index is 6.52. The molecule has 0 aromatic carbocycles. The smallest absolute Gasteiger partial charge is 0.0791 e. The summed E-state index contributed by atoms with van der Waals surface area (Å²) in [5.41, 5.74) is 0. The molecule has 0 aromatic rings. The highest BCUT2D eigenvalue weighted by atomic mass is 14.9. The molecule has 1 radical (unpaired) electrons. The van der Waals surface area contributed by atoms with Crippen LogP contribution in [0.1, 0.15) is 12.8 Å². The minimum absolute atomic E-state index is 0.882. The zero-order chi connectivity index (χ0) is 5.54. The van der Waals surface area contributed by atoms with E-state index >= 15 is 0 Å². The van der Waals surface area contributed by atoms with E-state index < -0.39 is 0 Å². The molecule has 0 aliphatic heterocycles. The first-order valence-corrected chi connectivity index (χ1v) is 2.43. The zero-order valence-corrected chi connectivity index (χ0v) is 4.41. The van der Waals surface area contributed by atoms with Crippen LogP contribution in [0.3, 0.4) is 0 Å². The van der Waals surface area contributed by atoms with Crippen molar-refractivity contribution in [1.29, 1.82) is 5.41 Å². The Morgan fingerprint density at radius 2 is 2.43 bits per heavy atom. The summed E-state index contributed by atoms with van der Waals surface area (Å²) in [5.74, 6) is 0. The summed E-state index contributed by atoms with van der Waals surface area (Å²) in [4.78, 5) is 0. The van der Waals surface area contributed by atoms with Gasteiger partial charge in [-0.05, 0) is 6.42 Å². The average molecular weight is 99.2 g/mol. The van der Waals surface area contributed by atoms with Crippen molar-refractivity contribution in [2.24, 2.45) is 0 Å². The minimum Gasteiger partial charge on any atom is -0.377 e. The van der Waals surface area contributed by atoms with Crippen molar-refractivity contribution in [2.45, 2.75) is 12.8 Å². The first-order chi connectivity index (χ1) is 3.41. The zero-order valence-electron chi connectivity index (χ0n) is 4.41. The molecule has 2 N–H and O–H groups in total. The molecule has 7 heavy (non-hydrogen) atoms. The molecule has 0 spiro atoms. The second kappa shape index (κ2) is 5.47. The lowest BCUT2D eigenvalue weighted by Crippen LogP contribution is -2.10. The lowest BCUT2D eigenvalue weighted by molar-refractivity contribution is 0.793. The molecule has 0 aliphatic rings. The van der Waals surface area contributed by atoms with Crippen LogP contribution in [0.4, 0.5) is 0 Å². The van der Waals surface area contributed by atoms with Gasteiger partial charge in [0.1, 0.15) is 0 Å². The van der Waals surface area contributed by atoms with Gasteiger partial charge in [0.2, 0.25) is 0 Å². The molecule has 0 amide bonds. The SMILES string of the molecule is [CH2]CCCNC=N. The second-order valence-corrected chi connectivity index (χ2v) is 1.31. The standard InChI is InChI=1S/C5H11N2/c1-2-3-4-7-5-6/h5H,1-4H2,(H2,6,7). The Morgan fingerprint density at radius 1 is 1.71 bits per heavy atom. The first-order valence-electron chi connectivity index (χ1n) is 2.43. The monoisotopic (exact) mass is 99.1 g/mol. The molecule has 41 valence electrons. The highest BCUT2D eigenvalue weighted by Gasteiger charge is 1.75. The maximum absolute atomic E-state index is 6.52. The third-order valence-corrected chi connectivity index (χ3v) is 0.673.